The number of nitrogens with two attached hydrogens (primary N) is 1. The Morgan fingerprint density at radius 3 is 2.46 bits per heavy atom. The van der Waals surface area contributed by atoms with Gasteiger partial charge in [0.2, 0.25) is 17.7 Å². The van der Waals surface area contributed by atoms with Crippen LogP contribution >= 0.6 is 0 Å². The van der Waals surface area contributed by atoms with E-state index in [1.165, 1.54) is 7.05 Å². The van der Waals surface area contributed by atoms with Crippen LogP contribution in [0.2, 0.25) is 0 Å². The molecule has 0 spiro atoms. The van der Waals surface area contributed by atoms with E-state index in [9.17, 15) is 19.2 Å². The molecule has 0 unspecified atom stereocenters. The van der Waals surface area contributed by atoms with Crippen molar-refractivity contribution in [1.82, 2.24) is 26.2 Å². The second-order valence-electron chi connectivity index (χ2n) is 9.68. The molecule has 0 aromatic heterocycles. The lowest BCUT2D eigenvalue weighted by Gasteiger charge is -2.32. The monoisotopic (exact) mass is 516 g/mol. The van der Waals surface area contributed by atoms with Gasteiger partial charge in [0.05, 0.1) is 13.2 Å². The molecular weight excluding hydrogens is 476 g/mol. The average molecular weight is 517 g/mol. The normalized spacial score (nSPS) is 23.9. The van der Waals surface area contributed by atoms with Crippen LogP contribution in [0.1, 0.15) is 44.6 Å². The van der Waals surface area contributed by atoms with Crippen LogP contribution in [0.3, 0.4) is 0 Å². The Morgan fingerprint density at radius 1 is 1.11 bits per heavy atom. The fraction of sp³-hybridized carbons (Fsp3) is 0.615. The van der Waals surface area contributed by atoms with Gasteiger partial charge in [0.25, 0.3) is 0 Å². The molecule has 5 atom stereocenters. The van der Waals surface area contributed by atoms with Crippen molar-refractivity contribution in [3.63, 3.8) is 0 Å². The van der Waals surface area contributed by atoms with Gasteiger partial charge in [0.1, 0.15) is 17.8 Å². The number of nitrogens with one attached hydrogen (secondary N) is 4. The topological polar surface area (TPSA) is 155 Å². The lowest BCUT2D eigenvalue weighted by atomic mass is 9.92. The summed E-state index contributed by atoms with van der Waals surface area (Å²) >= 11 is 0. The van der Waals surface area contributed by atoms with Crippen LogP contribution in [-0.2, 0) is 20.8 Å². The Balaban J connectivity index is 1.69. The Bertz CT molecular complexity index is 955. The predicted octanol–water partition coefficient (Wildman–Crippen LogP) is 0.275. The van der Waals surface area contributed by atoms with E-state index < -0.39 is 24.0 Å². The molecule has 204 valence electrons. The summed E-state index contributed by atoms with van der Waals surface area (Å²) in [5.74, 6) is -0.446. The molecule has 0 aliphatic carbocycles. The maximum absolute atomic E-state index is 13.8. The third-order valence-electron chi connectivity index (χ3n) is 7.37. The van der Waals surface area contributed by atoms with Gasteiger partial charge >= 0.3 is 6.03 Å². The van der Waals surface area contributed by atoms with Gasteiger partial charge in [0, 0.05) is 32.1 Å². The molecule has 37 heavy (non-hydrogen) atoms. The van der Waals surface area contributed by atoms with Gasteiger partial charge in [0.15, 0.2) is 0 Å². The van der Waals surface area contributed by atoms with Crippen LogP contribution in [0.15, 0.2) is 24.3 Å². The van der Waals surface area contributed by atoms with Crippen molar-refractivity contribution in [3.05, 3.63) is 29.8 Å². The van der Waals surface area contributed by atoms with Crippen LogP contribution in [0.5, 0.6) is 5.75 Å². The SMILES string of the molecule is CC[C@H](N)C(=O)N[C@@H]1C(=O)N2[C@@H](CC[C@@H]1CNC(=O)NC)CC[C@H]2C(=O)NCCc1ccc(OC)cc1. The number of fused-ring (bicyclic) bond motifs is 1. The molecule has 2 saturated heterocycles. The first-order valence-electron chi connectivity index (χ1n) is 13.0. The van der Waals surface area contributed by atoms with E-state index in [2.05, 4.69) is 21.3 Å². The number of benzene rings is 1. The van der Waals surface area contributed by atoms with E-state index in [1.807, 2.05) is 24.3 Å². The van der Waals surface area contributed by atoms with Crippen molar-refractivity contribution in [2.24, 2.45) is 11.7 Å². The van der Waals surface area contributed by atoms with E-state index in [-0.39, 0.29) is 36.3 Å². The number of methoxy groups -OCH3 is 1. The van der Waals surface area contributed by atoms with Crippen LogP contribution in [0.25, 0.3) is 0 Å². The molecule has 0 bridgehead atoms. The van der Waals surface area contributed by atoms with Crippen molar-refractivity contribution in [1.29, 1.82) is 0 Å². The molecule has 11 heteroatoms. The Kier molecular flexibility index (Phi) is 10.1. The van der Waals surface area contributed by atoms with Gasteiger partial charge in [-0.25, -0.2) is 4.79 Å². The number of rotatable bonds is 10. The quantitative estimate of drug-likeness (QED) is 0.301. The smallest absolute Gasteiger partial charge is 0.314 e. The average Bonchev–Trinajstić information content (AvgIpc) is 3.30. The van der Waals surface area contributed by atoms with Gasteiger partial charge in [-0.05, 0) is 56.2 Å². The summed E-state index contributed by atoms with van der Waals surface area (Å²) in [7, 11) is 3.13. The molecule has 2 aliphatic rings. The van der Waals surface area contributed by atoms with Gasteiger partial charge < -0.3 is 36.6 Å². The molecule has 2 heterocycles. The minimum Gasteiger partial charge on any atom is -0.497 e. The largest absolute Gasteiger partial charge is 0.497 e. The number of hydrogen-bond donors (Lipinski definition) is 5. The minimum absolute atomic E-state index is 0.0888. The Morgan fingerprint density at radius 2 is 1.81 bits per heavy atom. The molecule has 1 aromatic carbocycles. The predicted molar refractivity (Wildman–Crippen MR) is 139 cm³/mol. The van der Waals surface area contributed by atoms with E-state index in [4.69, 9.17) is 10.5 Å². The first-order valence-corrected chi connectivity index (χ1v) is 13.0. The summed E-state index contributed by atoms with van der Waals surface area (Å²) < 4.78 is 5.18. The molecule has 3 rings (SSSR count). The zero-order chi connectivity index (χ0) is 26.9. The summed E-state index contributed by atoms with van der Waals surface area (Å²) in [6.45, 7) is 2.46. The van der Waals surface area contributed by atoms with Crippen molar-refractivity contribution >= 4 is 23.8 Å². The third kappa shape index (κ3) is 7.12. The number of nitrogens with zero attached hydrogens (tertiary/aromatic N) is 1. The number of carbonyl (C=O) groups excluding carboxylic acids is 4. The van der Waals surface area contributed by atoms with Crippen LogP contribution < -0.4 is 31.7 Å². The molecule has 5 amide bonds. The van der Waals surface area contributed by atoms with E-state index in [0.717, 1.165) is 11.3 Å². The fourth-order valence-corrected chi connectivity index (χ4v) is 5.09. The highest BCUT2D eigenvalue weighted by Crippen LogP contribution is 2.34. The third-order valence-corrected chi connectivity index (χ3v) is 7.37. The molecule has 6 N–H and O–H groups in total. The zero-order valence-corrected chi connectivity index (χ0v) is 21.9. The van der Waals surface area contributed by atoms with E-state index in [0.29, 0.717) is 45.1 Å². The Labute approximate surface area is 218 Å². The van der Waals surface area contributed by atoms with Crippen molar-refractivity contribution in [2.45, 2.75) is 69.6 Å². The summed E-state index contributed by atoms with van der Waals surface area (Å²) in [6.07, 6.45) is 3.68. The maximum Gasteiger partial charge on any atom is 0.314 e. The van der Waals surface area contributed by atoms with Crippen LogP contribution in [0, 0.1) is 5.92 Å². The number of urea groups is 1. The molecule has 0 saturated carbocycles. The summed E-state index contributed by atoms with van der Waals surface area (Å²) in [5.41, 5.74) is 6.99. The lowest BCUT2D eigenvalue weighted by Crippen LogP contribution is -2.59. The molecule has 0 radical (unpaired) electrons. The summed E-state index contributed by atoms with van der Waals surface area (Å²) in [6, 6.07) is 5.00. The van der Waals surface area contributed by atoms with Crippen molar-refractivity contribution < 1.29 is 23.9 Å². The molecule has 2 aliphatic heterocycles. The van der Waals surface area contributed by atoms with E-state index in [1.54, 1.807) is 18.9 Å². The minimum atomic E-state index is -0.875. The standard InChI is InChI=1S/C26H40N6O5/c1-4-20(27)23(33)31-22-17(15-30-26(36)28-2)7-8-18-9-12-21(32(18)25(22)35)24(34)29-14-13-16-5-10-19(37-3)11-6-16/h5-6,10-11,17-18,20-22H,4,7-9,12-15,27H2,1-3H3,(H,29,34)(H,31,33)(H2,28,30,36)/t17-,18+,20+,21+,22+/m1/s1. The zero-order valence-electron chi connectivity index (χ0n) is 21.9. The number of ether oxygens (including phenoxy) is 1. The molecule has 2 fully saturated rings. The van der Waals surface area contributed by atoms with Gasteiger partial charge in [-0.15, -0.1) is 0 Å². The number of hydrogen-bond acceptors (Lipinski definition) is 6. The highest BCUT2D eigenvalue weighted by atomic mass is 16.5. The highest BCUT2D eigenvalue weighted by molar-refractivity contribution is 5.94. The fourth-order valence-electron chi connectivity index (χ4n) is 5.09. The first kappa shape index (κ1) is 28.2. The second-order valence-corrected chi connectivity index (χ2v) is 9.68. The molecular formula is C26H40N6O5. The molecule has 11 nitrogen and oxygen atoms in total. The van der Waals surface area contributed by atoms with Gasteiger partial charge in [-0.2, -0.15) is 0 Å². The van der Waals surface area contributed by atoms with Gasteiger partial charge in [-0.3, -0.25) is 14.4 Å². The number of amides is 5. The van der Waals surface area contributed by atoms with Crippen molar-refractivity contribution in [3.8, 4) is 5.75 Å². The van der Waals surface area contributed by atoms with E-state index >= 15 is 0 Å². The van der Waals surface area contributed by atoms with Gasteiger partial charge in [-0.1, -0.05) is 19.1 Å². The van der Waals surface area contributed by atoms with Crippen LogP contribution in [0.4, 0.5) is 4.79 Å². The highest BCUT2D eigenvalue weighted by Gasteiger charge is 2.47. The van der Waals surface area contributed by atoms with Crippen molar-refractivity contribution in [2.75, 3.05) is 27.2 Å². The lowest BCUT2D eigenvalue weighted by molar-refractivity contribution is -0.143. The Hall–Kier alpha value is -3.34. The summed E-state index contributed by atoms with van der Waals surface area (Å²) in [5, 5.41) is 11.1. The number of carbonyl (C=O) groups is 4. The van der Waals surface area contributed by atoms with Crippen LogP contribution in [-0.4, -0.2) is 80.1 Å². The first-order chi connectivity index (χ1) is 17.8. The second kappa shape index (κ2) is 13.3. The molecule has 1 aromatic rings. The maximum atomic E-state index is 13.8. The summed E-state index contributed by atoms with van der Waals surface area (Å²) in [4.78, 5) is 53.1.